The molecule has 3 rings (SSSR count). The number of nitrogens with one attached hydrogen (secondary N) is 2. The van der Waals surface area contributed by atoms with E-state index in [1.807, 2.05) is 0 Å². The minimum Gasteiger partial charge on any atom is -0.442 e. The number of rotatable bonds is 5. The van der Waals surface area contributed by atoms with Gasteiger partial charge in [-0.05, 0) is 18.2 Å². The molecular weight excluding hydrogens is 417 g/mol. The van der Waals surface area contributed by atoms with E-state index in [1.54, 1.807) is 0 Å². The van der Waals surface area contributed by atoms with Gasteiger partial charge >= 0.3 is 6.09 Å². The van der Waals surface area contributed by atoms with Crippen LogP contribution in [0.15, 0.2) is 22.8 Å². The van der Waals surface area contributed by atoms with Gasteiger partial charge in [0.15, 0.2) is 0 Å². The van der Waals surface area contributed by atoms with Crippen LogP contribution in [0.4, 0.5) is 19.3 Å². The fourth-order valence-corrected chi connectivity index (χ4v) is 2.91. The van der Waals surface area contributed by atoms with Crippen molar-refractivity contribution >= 4 is 47.0 Å². The van der Waals surface area contributed by atoms with Crippen molar-refractivity contribution in [3.8, 4) is 11.4 Å². The molecular formula is C17H14Cl2F2N4O3. The first-order chi connectivity index (χ1) is 13.2. The number of aromatic nitrogens is 2. The summed E-state index contributed by atoms with van der Waals surface area (Å²) in [4.78, 5) is 30.7. The molecule has 1 aliphatic rings. The number of aromatic amines is 1. The summed E-state index contributed by atoms with van der Waals surface area (Å²) < 4.78 is 34.2. The van der Waals surface area contributed by atoms with Crippen molar-refractivity contribution in [1.29, 1.82) is 0 Å². The summed E-state index contributed by atoms with van der Waals surface area (Å²) in [5.41, 5.74) is -0.109. The Morgan fingerprint density at radius 2 is 2.11 bits per heavy atom. The highest BCUT2D eigenvalue weighted by Gasteiger charge is 2.33. The number of carbonyl (C=O) groups is 2. The number of carbonyl (C=O) groups excluding carboxylic acids is 2. The van der Waals surface area contributed by atoms with Gasteiger partial charge < -0.3 is 15.0 Å². The molecule has 1 atom stereocenters. The van der Waals surface area contributed by atoms with Crippen LogP contribution in [0.3, 0.4) is 0 Å². The van der Waals surface area contributed by atoms with Gasteiger partial charge in [-0.2, -0.15) is 0 Å². The summed E-state index contributed by atoms with van der Waals surface area (Å²) in [5, 5.41) is 2.52. The van der Waals surface area contributed by atoms with E-state index in [2.05, 4.69) is 15.3 Å². The highest BCUT2D eigenvalue weighted by atomic mass is 35.5. The van der Waals surface area contributed by atoms with Crippen LogP contribution >= 0.6 is 23.2 Å². The third kappa shape index (κ3) is 4.42. The van der Waals surface area contributed by atoms with Gasteiger partial charge in [-0.15, -0.1) is 0 Å². The Labute approximate surface area is 168 Å². The van der Waals surface area contributed by atoms with Gasteiger partial charge in [0, 0.05) is 13.1 Å². The van der Waals surface area contributed by atoms with Crippen LogP contribution in [0.25, 0.3) is 17.5 Å². The fourth-order valence-electron chi connectivity index (χ4n) is 2.69. The second-order valence-corrected chi connectivity index (χ2v) is 6.95. The van der Waals surface area contributed by atoms with Crippen LogP contribution in [0.5, 0.6) is 0 Å². The van der Waals surface area contributed by atoms with Crippen molar-refractivity contribution in [2.75, 3.05) is 18.0 Å². The van der Waals surface area contributed by atoms with Crippen molar-refractivity contribution in [1.82, 2.24) is 15.3 Å². The van der Waals surface area contributed by atoms with Crippen LogP contribution in [-0.4, -0.2) is 41.2 Å². The smallest absolute Gasteiger partial charge is 0.414 e. The van der Waals surface area contributed by atoms with Crippen molar-refractivity contribution in [2.24, 2.45) is 0 Å². The molecule has 0 radical (unpaired) electrons. The minimum atomic E-state index is -0.921. The molecule has 0 bridgehead atoms. The molecule has 7 nitrogen and oxygen atoms in total. The van der Waals surface area contributed by atoms with Crippen molar-refractivity contribution in [2.45, 2.75) is 13.0 Å². The second-order valence-electron chi connectivity index (χ2n) is 5.95. The molecule has 0 saturated carbocycles. The average molecular weight is 431 g/mol. The van der Waals surface area contributed by atoms with Crippen molar-refractivity contribution in [3.05, 3.63) is 40.1 Å². The Bertz CT molecular complexity index is 937. The van der Waals surface area contributed by atoms with Gasteiger partial charge in [0.1, 0.15) is 28.1 Å². The van der Waals surface area contributed by atoms with Crippen molar-refractivity contribution in [3.63, 3.8) is 0 Å². The van der Waals surface area contributed by atoms with Gasteiger partial charge in [-0.1, -0.05) is 23.2 Å². The Hall–Kier alpha value is -2.65. The first-order valence-electron chi connectivity index (χ1n) is 8.04. The molecule has 11 heteroatoms. The molecule has 2 aromatic rings. The van der Waals surface area contributed by atoms with E-state index in [0.29, 0.717) is 5.69 Å². The normalized spacial score (nSPS) is 16.1. The van der Waals surface area contributed by atoms with E-state index in [1.165, 1.54) is 19.2 Å². The third-order valence-electron chi connectivity index (χ3n) is 3.88. The number of halogens is 4. The number of imidazole rings is 1. The highest BCUT2D eigenvalue weighted by molar-refractivity contribution is 6.57. The Balaban J connectivity index is 1.84. The first-order valence-corrected chi connectivity index (χ1v) is 8.80. The highest BCUT2D eigenvalue weighted by Crippen LogP contribution is 2.31. The van der Waals surface area contributed by atoms with Crippen LogP contribution in [0.2, 0.25) is 0 Å². The summed E-state index contributed by atoms with van der Waals surface area (Å²) in [6.07, 6.45) is 1.31. The van der Waals surface area contributed by atoms with Gasteiger partial charge in [0.25, 0.3) is 0 Å². The van der Waals surface area contributed by atoms with E-state index in [4.69, 9.17) is 27.9 Å². The van der Waals surface area contributed by atoms with E-state index in [0.717, 1.165) is 17.0 Å². The molecule has 28 heavy (non-hydrogen) atoms. The Kier molecular flexibility index (Phi) is 5.85. The maximum Gasteiger partial charge on any atom is 0.414 e. The number of nitrogens with zero attached hydrogens (tertiary/aromatic N) is 2. The SMILES string of the molecule is CC(=O)NC[C@H]1CN(c2cc(F)c(-c3nc(C=C(Cl)Cl)c[nH]3)c(F)c2)C(=O)O1. The number of amides is 2. The number of hydrogen-bond donors (Lipinski definition) is 2. The molecule has 1 saturated heterocycles. The first kappa shape index (κ1) is 20.1. The lowest BCUT2D eigenvalue weighted by Crippen LogP contribution is -2.33. The summed E-state index contributed by atoms with van der Waals surface area (Å²) in [7, 11) is 0. The minimum absolute atomic E-state index is 0.00967. The summed E-state index contributed by atoms with van der Waals surface area (Å²) >= 11 is 11.1. The van der Waals surface area contributed by atoms with Gasteiger partial charge in [-0.3, -0.25) is 9.69 Å². The van der Waals surface area contributed by atoms with Crippen LogP contribution < -0.4 is 10.2 Å². The molecule has 1 fully saturated rings. The average Bonchev–Trinajstić information content (AvgIpc) is 3.18. The van der Waals surface area contributed by atoms with Gasteiger partial charge in [0.05, 0.1) is 30.0 Å². The van der Waals surface area contributed by atoms with E-state index in [9.17, 15) is 18.4 Å². The van der Waals surface area contributed by atoms with Gasteiger partial charge in [-0.25, -0.2) is 18.6 Å². The third-order valence-corrected chi connectivity index (χ3v) is 4.10. The molecule has 2 heterocycles. The molecule has 2 amide bonds. The molecule has 1 aromatic heterocycles. The lowest BCUT2D eigenvalue weighted by molar-refractivity contribution is -0.119. The molecule has 1 aliphatic heterocycles. The van der Waals surface area contributed by atoms with E-state index >= 15 is 0 Å². The summed E-state index contributed by atoms with van der Waals surface area (Å²) in [6, 6.07) is 2.01. The lowest BCUT2D eigenvalue weighted by Gasteiger charge is -2.14. The number of H-pyrrole nitrogens is 1. The summed E-state index contributed by atoms with van der Waals surface area (Å²) in [6.45, 7) is 1.47. The Morgan fingerprint density at radius 1 is 1.43 bits per heavy atom. The zero-order valence-corrected chi connectivity index (χ0v) is 15.9. The van der Waals surface area contributed by atoms with E-state index in [-0.39, 0.29) is 35.0 Å². The topological polar surface area (TPSA) is 87.3 Å². The lowest BCUT2D eigenvalue weighted by atomic mass is 10.1. The maximum absolute atomic E-state index is 14.6. The Morgan fingerprint density at radius 3 is 2.71 bits per heavy atom. The number of hydrogen-bond acceptors (Lipinski definition) is 4. The number of anilines is 1. The largest absolute Gasteiger partial charge is 0.442 e. The predicted octanol–water partition coefficient (Wildman–Crippen LogP) is 3.59. The van der Waals surface area contributed by atoms with Crippen LogP contribution in [0, 0.1) is 11.6 Å². The molecule has 0 aliphatic carbocycles. The zero-order valence-electron chi connectivity index (χ0n) is 14.4. The fraction of sp³-hybridized carbons (Fsp3) is 0.235. The molecule has 0 spiro atoms. The number of benzene rings is 1. The van der Waals surface area contributed by atoms with Crippen LogP contribution in [-0.2, 0) is 9.53 Å². The quantitative estimate of drug-likeness (QED) is 0.758. The standard InChI is InChI=1S/C17H14Cl2F2N4O3/c1-8(26)22-6-11-7-25(17(27)28-11)10-3-12(20)15(13(21)4-10)16-23-5-9(24-16)2-14(18)19/h2-5,11H,6-7H2,1H3,(H,22,26)(H,23,24)/t11-/m0/s1. The molecule has 0 unspecified atom stereocenters. The zero-order chi connectivity index (χ0) is 20.4. The van der Waals surface area contributed by atoms with Gasteiger partial charge in [0.2, 0.25) is 5.91 Å². The molecule has 148 valence electrons. The maximum atomic E-state index is 14.6. The molecule has 2 N–H and O–H groups in total. The van der Waals surface area contributed by atoms with E-state index < -0.39 is 29.4 Å². The number of ether oxygens (including phenoxy) is 1. The second kappa shape index (κ2) is 8.15. The monoisotopic (exact) mass is 430 g/mol. The van der Waals surface area contributed by atoms with Crippen LogP contribution in [0.1, 0.15) is 12.6 Å². The summed E-state index contributed by atoms with van der Waals surface area (Å²) in [5.74, 6) is -2.18. The number of cyclic esters (lactones) is 1. The van der Waals surface area contributed by atoms with Crippen molar-refractivity contribution < 1.29 is 23.1 Å². The predicted molar refractivity (Wildman–Crippen MR) is 99.9 cm³/mol. The molecule has 1 aromatic carbocycles.